The van der Waals surface area contributed by atoms with Crippen molar-refractivity contribution in [2.75, 3.05) is 0 Å². The first-order valence-corrected chi connectivity index (χ1v) is 12.8. The van der Waals surface area contributed by atoms with Crippen molar-refractivity contribution in [2.24, 2.45) is 0 Å². The van der Waals surface area contributed by atoms with Gasteiger partial charge in [0.15, 0.2) is 0 Å². The van der Waals surface area contributed by atoms with Crippen molar-refractivity contribution in [3.8, 4) is 22.6 Å². The van der Waals surface area contributed by atoms with Gasteiger partial charge in [0.2, 0.25) is 0 Å². The standard InChI is InChI=1S/C29H24BrN3O2/c30-23-9-5-4-8-22(23)25-14-10-18-16-19(11-13-24(18)31-25)28-32-26-17-20(29(34)35)12-15-27(26)33(28)21-6-2-1-3-7-21/h4-5,8-17,21H,1-3,6-7H2,(H,34,35). The van der Waals surface area contributed by atoms with E-state index in [9.17, 15) is 9.90 Å². The molecule has 3 aromatic carbocycles. The van der Waals surface area contributed by atoms with E-state index in [4.69, 9.17) is 9.97 Å². The Morgan fingerprint density at radius 2 is 1.71 bits per heavy atom. The highest BCUT2D eigenvalue weighted by Gasteiger charge is 2.23. The van der Waals surface area contributed by atoms with Crippen LogP contribution in [0.4, 0.5) is 0 Å². The highest BCUT2D eigenvalue weighted by molar-refractivity contribution is 9.10. The van der Waals surface area contributed by atoms with Crippen LogP contribution in [0.5, 0.6) is 0 Å². The molecule has 6 rings (SSSR count). The Morgan fingerprint density at radius 1 is 0.886 bits per heavy atom. The number of pyridine rings is 1. The Bertz CT molecular complexity index is 1580. The van der Waals surface area contributed by atoms with Crippen molar-refractivity contribution in [3.05, 3.63) is 82.8 Å². The molecule has 174 valence electrons. The first kappa shape index (κ1) is 22.0. The van der Waals surface area contributed by atoms with Crippen LogP contribution in [0.2, 0.25) is 0 Å². The average Bonchev–Trinajstić information content (AvgIpc) is 3.28. The normalized spacial score (nSPS) is 14.5. The Labute approximate surface area is 211 Å². The van der Waals surface area contributed by atoms with E-state index in [0.717, 1.165) is 61.9 Å². The van der Waals surface area contributed by atoms with E-state index in [1.54, 1.807) is 12.1 Å². The molecule has 0 aliphatic heterocycles. The summed E-state index contributed by atoms with van der Waals surface area (Å²) in [5.41, 5.74) is 5.93. The zero-order valence-electron chi connectivity index (χ0n) is 19.1. The molecule has 35 heavy (non-hydrogen) atoms. The SMILES string of the molecule is O=C(O)c1ccc2c(c1)nc(-c1ccc3nc(-c4ccccc4Br)ccc3c1)n2C1CCCCC1. The predicted molar refractivity (Wildman–Crippen MR) is 143 cm³/mol. The number of fused-ring (bicyclic) bond motifs is 2. The predicted octanol–water partition coefficient (Wildman–Crippen LogP) is 7.88. The van der Waals surface area contributed by atoms with Crippen LogP contribution >= 0.6 is 15.9 Å². The Morgan fingerprint density at radius 3 is 2.51 bits per heavy atom. The molecule has 0 unspecified atom stereocenters. The lowest BCUT2D eigenvalue weighted by Gasteiger charge is -2.25. The molecular formula is C29H24BrN3O2. The van der Waals surface area contributed by atoms with Gasteiger partial charge in [-0.1, -0.05) is 59.5 Å². The summed E-state index contributed by atoms with van der Waals surface area (Å²) in [6.07, 6.45) is 5.91. The van der Waals surface area contributed by atoms with Crippen LogP contribution in [0.1, 0.15) is 48.5 Å². The number of benzene rings is 3. The molecule has 1 aliphatic carbocycles. The molecule has 6 heteroatoms. The number of carboxylic acids is 1. The van der Waals surface area contributed by atoms with E-state index in [0.29, 0.717) is 6.04 Å². The molecule has 0 atom stereocenters. The zero-order valence-corrected chi connectivity index (χ0v) is 20.7. The lowest BCUT2D eigenvalue weighted by molar-refractivity contribution is 0.0697. The molecule has 2 aromatic heterocycles. The minimum absolute atomic E-state index is 0.264. The number of carboxylic acid groups (broad SMARTS) is 1. The monoisotopic (exact) mass is 525 g/mol. The molecule has 0 saturated heterocycles. The minimum atomic E-state index is -0.932. The number of hydrogen-bond donors (Lipinski definition) is 1. The molecule has 0 amide bonds. The van der Waals surface area contributed by atoms with Gasteiger partial charge in [-0.15, -0.1) is 0 Å². The van der Waals surface area contributed by atoms with E-state index < -0.39 is 5.97 Å². The van der Waals surface area contributed by atoms with E-state index in [1.807, 2.05) is 24.3 Å². The van der Waals surface area contributed by atoms with Gasteiger partial charge in [-0.05, 0) is 61.4 Å². The van der Waals surface area contributed by atoms with Crippen LogP contribution in [0, 0.1) is 0 Å². The molecule has 0 bridgehead atoms. The second-order valence-electron chi connectivity index (χ2n) is 9.19. The maximum Gasteiger partial charge on any atom is 0.335 e. The van der Waals surface area contributed by atoms with Crippen LogP contribution in [0.15, 0.2) is 77.3 Å². The highest BCUT2D eigenvalue weighted by Crippen LogP contribution is 2.37. The highest BCUT2D eigenvalue weighted by atomic mass is 79.9. The third-order valence-corrected chi connectivity index (χ3v) is 7.66. The Balaban J connectivity index is 1.48. The van der Waals surface area contributed by atoms with E-state index in [-0.39, 0.29) is 5.56 Å². The average molecular weight is 526 g/mol. The number of rotatable bonds is 4. The molecule has 1 saturated carbocycles. The smallest absolute Gasteiger partial charge is 0.335 e. The largest absolute Gasteiger partial charge is 0.478 e. The second-order valence-corrected chi connectivity index (χ2v) is 10.0. The summed E-state index contributed by atoms with van der Waals surface area (Å²) in [6.45, 7) is 0. The third-order valence-electron chi connectivity index (χ3n) is 6.97. The number of nitrogens with zero attached hydrogens (tertiary/aromatic N) is 3. The number of hydrogen-bond acceptors (Lipinski definition) is 3. The van der Waals surface area contributed by atoms with Gasteiger partial charge in [0.25, 0.3) is 0 Å². The van der Waals surface area contributed by atoms with Gasteiger partial charge < -0.3 is 9.67 Å². The van der Waals surface area contributed by atoms with E-state index in [2.05, 4.69) is 56.9 Å². The zero-order chi connectivity index (χ0) is 23.9. The van der Waals surface area contributed by atoms with Crippen molar-refractivity contribution < 1.29 is 9.90 Å². The number of carbonyl (C=O) groups is 1. The molecule has 1 N–H and O–H groups in total. The van der Waals surface area contributed by atoms with Crippen LogP contribution < -0.4 is 0 Å². The fourth-order valence-corrected chi connectivity index (χ4v) is 5.72. The van der Waals surface area contributed by atoms with Gasteiger partial charge in [-0.2, -0.15) is 0 Å². The van der Waals surface area contributed by atoms with Gasteiger partial charge in [0, 0.05) is 27.0 Å². The molecule has 0 radical (unpaired) electrons. The fraction of sp³-hybridized carbons (Fsp3) is 0.207. The number of aromatic carboxylic acids is 1. The van der Waals surface area contributed by atoms with Crippen molar-refractivity contribution in [1.82, 2.24) is 14.5 Å². The van der Waals surface area contributed by atoms with Crippen LogP contribution in [-0.2, 0) is 0 Å². The van der Waals surface area contributed by atoms with Crippen molar-refractivity contribution in [2.45, 2.75) is 38.1 Å². The molecule has 1 fully saturated rings. The molecule has 0 spiro atoms. The van der Waals surface area contributed by atoms with Gasteiger partial charge >= 0.3 is 5.97 Å². The summed E-state index contributed by atoms with van der Waals surface area (Å²) >= 11 is 3.63. The third kappa shape index (κ3) is 4.02. The Kier molecular flexibility index (Phi) is 5.61. The number of imidazole rings is 1. The summed E-state index contributed by atoms with van der Waals surface area (Å²) in [7, 11) is 0. The first-order chi connectivity index (χ1) is 17.1. The van der Waals surface area contributed by atoms with Crippen molar-refractivity contribution >= 4 is 43.8 Å². The van der Waals surface area contributed by atoms with Crippen molar-refractivity contribution in [3.63, 3.8) is 0 Å². The summed E-state index contributed by atoms with van der Waals surface area (Å²) < 4.78 is 3.36. The lowest BCUT2D eigenvalue weighted by Crippen LogP contribution is -2.14. The van der Waals surface area contributed by atoms with E-state index >= 15 is 0 Å². The number of aromatic nitrogens is 3. The summed E-state index contributed by atoms with van der Waals surface area (Å²) in [6, 6.07) is 24.2. The first-order valence-electron chi connectivity index (χ1n) is 12.0. The van der Waals surface area contributed by atoms with Crippen LogP contribution in [0.25, 0.3) is 44.6 Å². The summed E-state index contributed by atoms with van der Waals surface area (Å²) in [5, 5.41) is 10.5. The van der Waals surface area contributed by atoms with Gasteiger partial charge in [0.05, 0.1) is 27.8 Å². The van der Waals surface area contributed by atoms with Gasteiger partial charge in [-0.3, -0.25) is 0 Å². The molecular weight excluding hydrogens is 502 g/mol. The molecule has 2 heterocycles. The van der Waals surface area contributed by atoms with Gasteiger partial charge in [0.1, 0.15) is 5.82 Å². The van der Waals surface area contributed by atoms with Crippen molar-refractivity contribution in [1.29, 1.82) is 0 Å². The molecule has 5 nitrogen and oxygen atoms in total. The molecule has 1 aliphatic rings. The maximum absolute atomic E-state index is 11.6. The number of halogens is 1. The molecule has 5 aromatic rings. The van der Waals surface area contributed by atoms with Crippen LogP contribution in [-0.4, -0.2) is 25.6 Å². The van der Waals surface area contributed by atoms with Gasteiger partial charge in [-0.25, -0.2) is 14.8 Å². The summed E-state index contributed by atoms with van der Waals surface area (Å²) in [5.74, 6) is -0.0375. The minimum Gasteiger partial charge on any atom is -0.478 e. The maximum atomic E-state index is 11.6. The quantitative estimate of drug-likeness (QED) is 0.259. The Hall–Kier alpha value is -3.51. The van der Waals surface area contributed by atoms with Crippen LogP contribution in [0.3, 0.4) is 0 Å². The fourth-order valence-electron chi connectivity index (χ4n) is 5.23. The van der Waals surface area contributed by atoms with E-state index in [1.165, 1.54) is 19.3 Å². The second kappa shape index (κ2) is 8.93. The topological polar surface area (TPSA) is 68.0 Å². The summed E-state index contributed by atoms with van der Waals surface area (Å²) in [4.78, 5) is 21.4. The lowest BCUT2D eigenvalue weighted by atomic mass is 9.94.